The molecule has 0 fully saturated rings. The van der Waals surface area contributed by atoms with E-state index in [1.807, 2.05) is 0 Å². The Labute approximate surface area is 225 Å². The lowest BCUT2D eigenvalue weighted by Crippen LogP contribution is -2.70. The monoisotopic (exact) mass is 730 g/mol. The molecule has 0 bridgehead atoms. The van der Waals surface area contributed by atoms with Crippen LogP contribution in [0.2, 0.25) is 0 Å². The third kappa shape index (κ3) is 5.68. The molecule has 44 heavy (non-hydrogen) atoms. The molecule has 0 aliphatic heterocycles. The molecule has 0 unspecified atom stereocenters. The van der Waals surface area contributed by atoms with E-state index < -0.39 is 110 Å². The van der Waals surface area contributed by atoms with Gasteiger partial charge >= 0.3 is 52.5 Å². The van der Waals surface area contributed by atoms with Crippen LogP contribution in [-0.4, -0.2) is 52.5 Å². The van der Waals surface area contributed by atoms with Crippen molar-refractivity contribution in [2.45, 2.75) is 52.5 Å². The highest BCUT2D eigenvalue weighted by molar-refractivity contribution is 8.01. The standard InChI is InChI=1S/C17F26S/c18-2-1(3(19)6(22)7(23)5(2)21)4(20)8(10(26,27)44-17(42,43)16(39,40)41)9(24,25)11(28,29)12(30,31)13(32,33)14(34,35)15(36,37)38. The van der Waals surface area contributed by atoms with Crippen LogP contribution in [0.4, 0.5) is 114 Å². The second kappa shape index (κ2) is 10.8. The van der Waals surface area contributed by atoms with Crippen LogP contribution in [0.1, 0.15) is 5.56 Å². The summed E-state index contributed by atoms with van der Waals surface area (Å²) in [6.45, 7) is 0. The van der Waals surface area contributed by atoms with Crippen LogP contribution in [0, 0.1) is 29.1 Å². The highest BCUT2D eigenvalue weighted by atomic mass is 32.2. The van der Waals surface area contributed by atoms with E-state index in [-0.39, 0.29) is 0 Å². The van der Waals surface area contributed by atoms with Gasteiger partial charge in [0.1, 0.15) is 11.4 Å². The van der Waals surface area contributed by atoms with Gasteiger partial charge in [0.25, 0.3) is 0 Å². The molecular formula is C17F26S. The van der Waals surface area contributed by atoms with Crippen LogP contribution in [0.15, 0.2) is 5.57 Å². The fraction of sp³-hybridized carbons (Fsp3) is 0.529. The van der Waals surface area contributed by atoms with Gasteiger partial charge < -0.3 is 0 Å². The Kier molecular flexibility index (Phi) is 9.69. The molecular weight excluding hydrogens is 730 g/mol. The van der Waals surface area contributed by atoms with Gasteiger partial charge in [0.05, 0.1) is 5.56 Å². The Bertz CT molecular complexity index is 1270. The Hall–Kier alpha value is -2.51. The fourth-order valence-electron chi connectivity index (χ4n) is 2.57. The lowest BCUT2D eigenvalue weighted by atomic mass is 9.89. The SMILES string of the molecule is FC(=C(C(F)(F)SC(F)(F)C(F)(F)F)C(F)(F)C(F)(F)C(F)(F)C(F)(F)C(F)(F)C(F)(F)F)c1c(F)c(F)c(F)c(F)c1F. The lowest BCUT2D eigenvalue weighted by Gasteiger charge is -2.41. The van der Waals surface area contributed by atoms with Gasteiger partial charge in [-0.05, 0) is 0 Å². The van der Waals surface area contributed by atoms with Gasteiger partial charge in [0, 0.05) is 11.8 Å². The summed E-state index contributed by atoms with van der Waals surface area (Å²) in [6.07, 6.45) is -15.7. The van der Waals surface area contributed by atoms with Crippen LogP contribution >= 0.6 is 11.8 Å². The van der Waals surface area contributed by atoms with E-state index >= 15 is 0 Å². The third-order valence-electron chi connectivity index (χ3n) is 4.77. The first-order valence-corrected chi connectivity index (χ1v) is 10.1. The first-order chi connectivity index (χ1) is 18.9. The van der Waals surface area contributed by atoms with Crippen molar-refractivity contribution in [3.05, 3.63) is 40.2 Å². The van der Waals surface area contributed by atoms with Gasteiger partial charge in [0.2, 0.25) is 5.82 Å². The lowest BCUT2D eigenvalue weighted by molar-refractivity contribution is -0.437. The van der Waals surface area contributed by atoms with Crippen LogP contribution in [0.3, 0.4) is 0 Å². The van der Waals surface area contributed by atoms with Crippen molar-refractivity contribution in [2.75, 3.05) is 0 Å². The summed E-state index contributed by atoms with van der Waals surface area (Å²) < 4.78 is 348. The van der Waals surface area contributed by atoms with Crippen molar-refractivity contribution in [1.82, 2.24) is 0 Å². The van der Waals surface area contributed by atoms with Crippen molar-refractivity contribution in [2.24, 2.45) is 0 Å². The smallest absolute Gasteiger partial charge is 0.206 e. The number of benzene rings is 1. The molecule has 1 aromatic rings. The van der Waals surface area contributed by atoms with Gasteiger partial charge in [-0.1, -0.05) is 0 Å². The number of thioether (sulfide) groups is 1. The summed E-state index contributed by atoms with van der Waals surface area (Å²) in [5, 5.41) is -15.3. The topological polar surface area (TPSA) is 0 Å². The van der Waals surface area contributed by atoms with Crippen LogP contribution in [0.5, 0.6) is 0 Å². The van der Waals surface area contributed by atoms with E-state index in [0.717, 1.165) is 0 Å². The van der Waals surface area contributed by atoms with Gasteiger partial charge in [-0.25, -0.2) is 26.3 Å². The normalized spacial score (nSPS) is 16.0. The maximum absolute atomic E-state index is 14.7. The summed E-state index contributed by atoms with van der Waals surface area (Å²) in [7, 11) is 0. The van der Waals surface area contributed by atoms with E-state index in [0.29, 0.717) is 0 Å². The van der Waals surface area contributed by atoms with Gasteiger partial charge in [-0.3, -0.25) is 0 Å². The van der Waals surface area contributed by atoms with E-state index in [9.17, 15) is 114 Å². The van der Waals surface area contributed by atoms with Crippen LogP contribution < -0.4 is 0 Å². The summed E-state index contributed by atoms with van der Waals surface area (Å²) >= 11 is -3.93. The number of hydrogen-bond acceptors (Lipinski definition) is 1. The fourth-order valence-corrected chi connectivity index (χ4v) is 3.32. The summed E-state index contributed by atoms with van der Waals surface area (Å²) in [6, 6.07) is 0. The molecule has 0 saturated heterocycles. The molecule has 0 aliphatic carbocycles. The first-order valence-electron chi connectivity index (χ1n) is 9.32. The minimum absolute atomic E-state index is 3.51. The number of alkyl halides is 20. The molecule has 0 amide bonds. The van der Waals surface area contributed by atoms with Crippen molar-refractivity contribution in [1.29, 1.82) is 0 Å². The predicted octanol–water partition coefficient (Wildman–Crippen LogP) is 10.3. The van der Waals surface area contributed by atoms with Crippen molar-refractivity contribution in [3.63, 3.8) is 0 Å². The zero-order valence-electron chi connectivity index (χ0n) is 18.7. The first kappa shape index (κ1) is 39.5. The molecule has 0 spiro atoms. The Morgan fingerprint density at radius 1 is 0.409 bits per heavy atom. The molecule has 0 saturated carbocycles. The van der Waals surface area contributed by atoms with Crippen LogP contribution in [0.25, 0.3) is 5.83 Å². The highest BCUT2D eigenvalue weighted by Gasteiger charge is 2.92. The maximum Gasteiger partial charge on any atom is 0.464 e. The maximum atomic E-state index is 14.7. The minimum atomic E-state index is -9.20. The summed E-state index contributed by atoms with van der Waals surface area (Å²) in [5.74, 6) is -69.0. The average Bonchev–Trinajstić information content (AvgIpc) is 2.78. The zero-order valence-corrected chi connectivity index (χ0v) is 19.6. The molecule has 27 heteroatoms. The molecule has 0 nitrogen and oxygen atoms in total. The average molecular weight is 730 g/mol. The Morgan fingerprint density at radius 3 is 1.05 bits per heavy atom. The summed E-state index contributed by atoms with van der Waals surface area (Å²) in [4.78, 5) is 0. The Morgan fingerprint density at radius 2 is 0.727 bits per heavy atom. The second-order valence-electron chi connectivity index (χ2n) is 7.64. The van der Waals surface area contributed by atoms with Gasteiger partial charge in [0.15, 0.2) is 23.3 Å². The molecule has 0 aliphatic rings. The molecule has 1 aromatic carbocycles. The highest BCUT2D eigenvalue weighted by Crippen LogP contribution is 2.65. The Balaban J connectivity index is 4.45. The number of rotatable bonds is 9. The quantitative estimate of drug-likeness (QED) is 0.139. The van der Waals surface area contributed by atoms with Crippen molar-refractivity contribution >= 4 is 17.6 Å². The van der Waals surface area contributed by atoms with E-state index in [1.54, 1.807) is 0 Å². The van der Waals surface area contributed by atoms with Gasteiger partial charge in [-0.2, -0.15) is 87.8 Å². The molecule has 1 rings (SSSR count). The van der Waals surface area contributed by atoms with E-state index in [1.165, 1.54) is 0 Å². The van der Waals surface area contributed by atoms with E-state index in [2.05, 4.69) is 0 Å². The van der Waals surface area contributed by atoms with Crippen LogP contribution in [-0.2, 0) is 0 Å². The minimum Gasteiger partial charge on any atom is -0.206 e. The molecule has 0 radical (unpaired) electrons. The van der Waals surface area contributed by atoms with Crippen molar-refractivity contribution in [3.8, 4) is 0 Å². The molecule has 256 valence electrons. The largest absolute Gasteiger partial charge is 0.464 e. The second-order valence-corrected chi connectivity index (χ2v) is 8.87. The molecule has 0 N–H and O–H groups in total. The molecule has 0 atom stereocenters. The van der Waals surface area contributed by atoms with E-state index in [4.69, 9.17) is 0 Å². The number of hydrogen-bond donors (Lipinski definition) is 0. The molecule has 0 heterocycles. The van der Waals surface area contributed by atoms with Crippen molar-refractivity contribution < 1.29 is 114 Å². The zero-order chi connectivity index (χ0) is 35.8. The number of halogens is 26. The predicted molar refractivity (Wildman–Crippen MR) is 88.6 cm³/mol. The third-order valence-corrected chi connectivity index (χ3v) is 5.72. The molecule has 0 aromatic heterocycles. The summed E-state index contributed by atoms with van der Waals surface area (Å²) in [5.41, 5.74) is -9.84. The van der Waals surface area contributed by atoms with Gasteiger partial charge in [-0.15, -0.1) is 0 Å².